The van der Waals surface area contributed by atoms with E-state index in [4.69, 9.17) is 0 Å². The summed E-state index contributed by atoms with van der Waals surface area (Å²) in [5.41, 5.74) is 0.321. The maximum Gasteiger partial charge on any atom is 0.251 e. The fraction of sp³-hybridized carbons (Fsp3) is 0.476. The Kier molecular flexibility index (Phi) is 4.78. The minimum atomic E-state index is -1.03. The first kappa shape index (κ1) is 16.8. The van der Waals surface area contributed by atoms with Crippen molar-refractivity contribution in [1.29, 1.82) is 0 Å². The molecule has 2 N–H and O–H groups in total. The lowest BCUT2D eigenvalue weighted by molar-refractivity contribution is 0.0950. The molecule has 2 aliphatic carbocycles. The Morgan fingerprint density at radius 2 is 2.17 bits per heavy atom. The van der Waals surface area contributed by atoms with E-state index in [-0.39, 0.29) is 5.91 Å². The zero-order chi connectivity index (χ0) is 17.2. The van der Waals surface area contributed by atoms with E-state index in [0.29, 0.717) is 5.56 Å². The normalized spacial score (nSPS) is 24.5. The van der Waals surface area contributed by atoms with Crippen LogP contribution in [0.15, 0.2) is 36.4 Å². The second-order valence-electron chi connectivity index (χ2n) is 7.47. The Labute approximate surface area is 144 Å². The Bertz CT molecular complexity index is 703. The SMILES string of the molecule is CC(C)(O)C#Cc1cccc(C(=O)NCC[C@@H]2C[C@@H]3C=C[C@H]2C3)c1. The smallest absolute Gasteiger partial charge is 0.251 e. The summed E-state index contributed by atoms with van der Waals surface area (Å²) in [7, 11) is 0. The molecule has 3 rings (SSSR count). The molecule has 0 aliphatic heterocycles. The predicted molar refractivity (Wildman–Crippen MR) is 95.4 cm³/mol. The lowest BCUT2D eigenvalue weighted by atomic mass is 9.90. The van der Waals surface area contributed by atoms with Gasteiger partial charge in [0.05, 0.1) is 0 Å². The average molecular weight is 323 g/mol. The van der Waals surface area contributed by atoms with Crippen LogP contribution in [0.4, 0.5) is 0 Å². The van der Waals surface area contributed by atoms with Gasteiger partial charge in [0.15, 0.2) is 0 Å². The van der Waals surface area contributed by atoms with Crippen LogP contribution in [-0.4, -0.2) is 23.2 Å². The fourth-order valence-electron chi connectivity index (χ4n) is 3.66. The van der Waals surface area contributed by atoms with E-state index in [2.05, 4.69) is 29.3 Å². The first-order chi connectivity index (χ1) is 11.4. The molecule has 2 bridgehead atoms. The molecular formula is C21H25NO2. The summed E-state index contributed by atoms with van der Waals surface area (Å²) >= 11 is 0. The number of aliphatic hydroxyl groups is 1. The Hall–Kier alpha value is -2.05. The maximum absolute atomic E-state index is 12.3. The van der Waals surface area contributed by atoms with Crippen LogP contribution in [0.25, 0.3) is 0 Å². The summed E-state index contributed by atoms with van der Waals surface area (Å²) < 4.78 is 0. The van der Waals surface area contributed by atoms with Gasteiger partial charge >= 0.3 is 0 Å². The molecule has 0 radical (unpaired) electrons. The monoisotopic (exact) mass is 323 g/mol. The molecule has 1 aromatic rings. The minimum Gasteiger partial charge on any atom is -0.378 e. The Balaban J connectivity index is 1.53. The van der Waals surface area contributed by atoms with Crippen molar-refractivity contribution in [1.82, 2.24) is 5.32 Å². The molecule has 1 amide bonds. The molecule has 3 heteroatoms. The zero-order valence-electron chi connectivity index (χ0n) is 14.4. The van der Waals surface area contributed by atoms with Gasteiger partial charge < -0.3 is 10.4 Å². The predicted octanol–water partition coefficient (Wildman–Crippen LogP) is 3.14. The molecule has 0 aromatic heterocycles. The lowest BCUT2D eigenvalue weighted by Crippen LogP contribution is -2.26. The molecule has 24 heavy (non-hydrogen) atoms. The number of benzene rings is 1. The first-order valence-electron chi connectivity index (χ1n) is 8.73. The highest BCUT2D eigenvalue weighted by molar-refractivity contribution is 5.94. The molecule has 0 heterocycles. The molecule has 0 spiro atoms. The standard InChI is InChI=1S/C21H25NO2/c1-21(2,24)10-8-15-4-3-5-19(12-15)20(23)22-11-9-18-14-16-6-7-17(18)13-16/h3-7,12,16-18,24H,9,11,13-14H2,1-2H3,(H,22,23)/t16-,17+,18-/m1/s1. The number of rotatable bonds is 4. The Morgan fingerprint density at radius 3 is 2.83 bits per heavy atom. The molecule has 3 nitrogen and oxygen atoms in total. The summed E-state index contributed by atoms with van der Waals surface area (Å²) in [5, 5.41) is 12.7. The topological polar surface area (TPSA) is 49.3 Å². The second-order valence-corrected chi connectivity index (χ2v) is 7.47. The van der Waals surface area contributed by atoms with Crippen molar-refractivity contribution >= 4 is 5.91 Å². The molecule has 1 saturated carbocycles. The number of fused-ring (bicyclic) bond motifs is 2. The van der Waals surface area contributed by atoms with E-state index in [1.165, 1.54) is 12.8 Å². The molecule has 126 valence electrons. The number of carbonyl (C=O) groups is 1. The highest BCUT2D eigenvalue weighted by Gasteiger charge is 2.34. The number of hydrogen-bond donors (Lipinski definition) is 2. The van der Waals surface area contributed by atoms with Crippen molar-refractivity contribution in [3.8, 4) is 11.8 Å². The van der Waals surface area contributed by atoms with Gasteiger partial charge in [0, 0.05) is 17.7 Å². The van der Waals surface area contributed by atoms with Crippen LogP contribution in [0.3, 0.4) is 0 Å². The van der Waals surface area contributed by atoms with Crippen LogP contribution in [0.5, 0.6) is 0 Å². The van der Waals surface area contributed by atoms with Crippen molar-refractivity contribution < 1.29 is 9.90 Å². The van der Waals surface area contributed by atoms with Crippen molar-refractivity contribution in [2.75, 3.05) is 6.54 Å². The van der Waals surface area contributed by atoms with Crippen molar-refractivity contribution in [3.63, 3.8) is 0 Å². The second kappa shape index (κ2) is 6.83. The zero-order valence-corrected chi connectivity index (χ0v) is 14.4. The van der Waals surface area contributed by atoms with Gasteiger partial charge in [-0.3, -0.25) is 4.79 Å². The maximum atomic E-state index is 12.3. The average Bonchev–Trinajstić information content (AvgIpc) is 3.15. The van der Waals surface area contributed by atoms with Crippen molar-refractivity contribution in [3.05, 3.63) is 47.5 Å². The van der Waals surface area contributed by atoms with Crippen molar-refractivity contribution in [2.24, 2.45) is 17.8 Å². The third-order valence-corrected chi connectivity index (χ3v) is 4.85. The van der Waals surface area contributed by atoms with Crippen LogP contribution in [-0.2, 0) is 0 Å². The number of amides is 1. The van der Waals surface area contributed by atoms with Gasteiger partial charge in [0.2, 0.25) is 0 Å². The van der Waals surface area contributed by atoms with E-state index in [9.17, 15) is 9.90 Å². The number of nitrogens with one attached hydrogen (secondary N) is 1. The molecule has 0 unspecified atom stereocenters. The van der Waals surface area contributed by atoms with E-state index in [0.717, 1.165) is 36.3 Å². The highest BCUT2D eigenvalue weighted by atomic mass is 16.3. The van der Waals surface area contributed by atoms with E-state index in [1.54, 1.807) is 26.0 Å². The summed E-state index contributed by atoms with van der Waals surface area (Å²) in [4.78, 5) is 12.3. The molecule has 1 aromatic carbocycles. The van der Waals surface area contributed by atoms with Gasteiger partial charge in [-0.1, -0.05) is 30.1 Å². The van der Waals surface area contributed by atoms with Crippen LogP contribution >= 0.6 is 0 Å². The first-order valence-corrected chi connectivity index (χ1v) is 8.73. The van der Waals surface area contributed by atoms with Gasteiger partial charge in [-0.15, -0.1) is 0 Å². The van der Waals surface area contributed by atoms with Crippen LogP contribution in [0.2, 0.25) is 0 Å². The van der Waals surface area contributed by atoms with Crippen LogP contribution in [0.1, 0.15) is 49.0 Å². The third kappa shape index (κ3) is 4.27. The summed E-state index contributed by atoms with van der Waals surface area (Å²) in [6.07, 6.45) is 8.33. The van der Waals surface area contributed by atoms with E-state index in [1.807, 2.05) is 12.1 Å². The number of allylic oxidation sites excluding steroid dienone is 2. The number of hydrogen-bond acceptors (Lipinski definition) is 2. The Morgan fingerprint density at radius 1 is 1.33 bits per heavy atom. The summed E-state index contributed by atoms with van der Waals surface area (Å²) in [6, 6.07) is 7.24. The molecule has 2 aliphatic rings. The summed E-state index contributed by atoms with van der Waals surface area (Å²) in [5.74, 6) is 7.86. The molecular weight excluding hydrogens is 298 g/mol. The summed E-state index contributed by atoms with van der Waals surface area (Å²) in [6.45, 7) is 4.00. The van der Waals surface area contributed by atoms with Crippen molar-refractivity contribution in [2.45, 2.75) is 38.7 Å². The van der Waals surface area contributed by atoms with Crippen LogP contribution < -0.4 is 5.32 Å². The third-order valence-electron chi connectivity index (χ3n) is 4.85. The molecule has 1 fully saturated rings. The lowest BCUT2D eigenvalue weighted by Gasteiger charge is -2.18. The van der Waals surface area contributed by atoms with Gasteiger partial charge in [-0.2, -0.15) is 0 Å². The van der Waals surface area contributed by atoms with E-state index >= 15 is 0 Å². The van der Waals surface area contributed by atoms with Gasteiger partial charge in [0.1, 0.15) is 5.60 Å². The highest BCUT2D eigenvalue weighted by Crippen LogP contribution is 2.44. The van der Waals surface area contributed by atoms with Gasteiger partial charge in [-0.25, -0.2) is 0 Å². The minimum absolute atomic E-state index is 0.0550. The number of carbonyl (C=O) groups excluding carboxylic acids is 1. The van der Waals surface area contributed by atoms with E-state index < -0.39 is 5.60 Å². The van der Waals surface area contributed by atoms with Gasteiger partial charge in [-0.05, 0) is 69.1 Å². The quantitative estimate of drug-likeness (QED) is 0.660. The van der Waals surface area contributed by atoms with Crippen LogP contribution in [0, 0.1) is 29.6 Å². The molecule has 0 saturated heterocycles. The molecule has 3 atom stereocenters. The largest absolute Gasteiger partial charge is 0.378 e. The van der Waals surface area contributed by atoms with Gasteiger partial charge in [0.25, 0.3) is 5.91 Å². The fourth-order valence-corrected chi connectivity index (χ4v) is 3.66.